The fourth-order valence-electron chi connectivity index (χ4n) is 2.68. The molecular formula is C17H12O6. The van der Waals surface area contributed by atoms with Gasteiger partial charge in [0.05, 0.1) is 19.8 Å². The van der Waals surface area contributed by atoms with Crippen molar-refractivity contribution < 1.29 is 29.0 Å². The number of methoxy groups -OCH3 is 2. The number of phenols is 1. The summed E-state index contributed by atoms with van der Waals surface area (Å²) in [4.78, 5) is 37.1. The van der Waals surface area contributed by atoms with Crippen molar-refractivity contribution in [2.24, 2.45) is 0 Å². The van der Waals surface area contributed by atoms with Gasteiger partial charge in [0.15, 0.2) is 23.1 Å². The molecule has 0 amide bonds. The highest BCUT2D eigenvalue weighted by Crippen LogP contribution is 2.41. The molecule has 0 aromatic heterocycles. The number of benzene rings is 2. The van der Waals surface area contributed by atoms with Gasteiger partial charge in [-0.25, -0.2) is 4.79 Å². The van der Waals surface area contributed by atoms with E-state index in [1.54, 1.807) is 12.1 Å². The molecule has 1 N–H and O–H groups in total. The van der Waals surface area contributed by atoms with Crippen LogP contribution in [0.1, 0.15) is 42.2 Å². The summed E-state index contributed by atoms with van der Waals surface area (Å²) < 4.78 is 9.67. The Kier molecular flexibility index (Phi) is 3.37. The zero-order valence-electron chi connectivity index (χ0n) is 12.4. The molecule has 0 heterocycles. The predicted molar refractivity (Wildman–Crippen MR) is 79.3 cm³/mol. The van der Waals surface area contributed by atoms with Gasteiger partial charge in [-0.1, -0.05) is 24.3 Å². The number of ketones is 2. The van der Waals surface area contributed by atoms with Crippen molar-refractivity contribution in [2.45, 2.75) is 0 Å². The van der Waals surface area contributed by atoms with Crippen molar-refractivity contribution in [1.29, 1.82) is 0 Å². The van der Waals surface area contributed by atoms with Crippen molar-refractivity contribution in [3.63, 3.8) is 0 Å². The molecule has 0 atom stereocenters. The number of hydrogen-bond donors (Lipinski definition) is 1. The first-order chi connectivity index (χ1) is 11.0. The Morgan fingerprint density at radius 3 is 2.17 bits per heavy atom. The second kappa shape index (κ2) is 5.24. The highest BCUT2D eigenvalue weighted by atomic mass is 16.5. The fourth-order valence-corrected chi connectivity index (χ4v) is 2.68. The lowest BCUT2D eigenvalue weighted by molar-refractivity contribution is 0.0596. The molecule has 0 saturated carbocycles. The van der Waals surface area contributed by atoms with Gasteiger partial charge in [-0.15, -0.1) is 0 Å². The lowest BCUT2D eigenvalue weighted by atomic mass is 9.82. The van der Waals surface area contributed by atoms with Crippen molar-refractivity contribution in [2.75, 3.05) is 14.2 Å². The van der Waals surface area contributed by atoms with Crippen LogP contribution in [0.4, 0.5) is 0 Å². The molecule has 1 aliphatic carbocycles. The first-order valence-electron chi connectivity index (χ1n) is 6.72. The summed E-state index contributed by atoms with van der Waals surface area (Å²) in [6, 6.07) is 7.52. The molecule has 0 saturated heterocycles. The van der Waals surface area contributed by atoms with E-state index in [9.17, 15) is 19.5 Å². The fraction of sp³-hybridized carbons (Fsp3) is 0.118. The van der Waals surface area contributed by atoms with E-state index in [0.717, 1.165) is 13.2 Å². The topological polar surface area (TPSA) is 89.9 Å². The van der Waals surface area contributed by atoms with Crippen molar-refractivity contribution in [3.8, 4) is 11.5 Å². The van der Waals surface area contributed by atoms with E-state index in [1.807, 2.05) is 0 Å². The van der Waals surface area contributed by atoms with Crippen LogP contribution >= 0.6 is 0 Å². The lowest BCUT2D eigenvalue weighted by Crippen LogP contribution is -2.22. The first kappa shape index (κ1) is 14.8. The molecule has 0 radical (unpaired) electrons. The molecule has 6 heteroatoms. The number of aromatic hydroxyl groups is 1. The van der Waals surface area contributed by atoms with Crippen LogP contribution in [0.15, 0.2) is 30.3 Å². The zero-order valence-corrected chi connectivity index (χ0v) is 12.4. The van der Waals surface area contributed by atoms with Crippen LogP contribution in [0.2, 0.25) is 0 Å². The molecule has 0 fully saturated rings. The maximum absolute atomic E-state index is 12.7. The van der Waals surface area contributed by atoms with Gasteiger partial charge in [-0.2, -0.15) is 0 Å². The van der Waals surface area contributed by atoms with E-state index in [1.165, 1.54) is 19.2 Å². The van der Waals surface area contributed by atoms with Gasteiger partial charge in [-0.05, 0) is 6.07 Å². The average molecular weight is 312 g/mol. The standard InChI is InChI=1S/C17H12O6/c1-22-16-12-10(7-11(15(16)20)17(21)23-2)13(18)8-5-3-4-6-9(8)14(12)19/h3-7,20H,1-2H3. The number of carbonyl (C=O) groups excluding carboxylic acids is 3. The van der Waals surface area contributed by atoms with E-state index in [0.29, 0.717) is 0 Å². The number of fused-ring (bicyclic) bond motifs is 2. The maximum atomic E-state index is 12.7. The van der Waals surface area contributed by atoms with Crippen molar-refractivity contribution in [3.05, 3.63) is 58.1 Å². The molecular weight excluding hydrogens is 300 g/mol. The molecule has 3 rings (SSSR count). The van der Waals surface area contributed by atoms with Crippen molar-refractivity contribution in [1.82, 2.24) is 0 Å². The van der Waals surface area contributed by atoms with Crippen LogP contribution in [0.25, 0.3) is 0 Å². The molecule has 23 heavy (non-hydrogen) atoms. The largest absolute Gasteiger partial charge is 0.504 e. The number of hydrogen-bond acceptors (Lipinski definition) is 6. The molecule has 1 aliphatic rings. The van der Waals surface area contributed by atoms with Gasteiger partial charge in [0.2, 0.25) is 0 Å². The van der Waals surface area contributed by atoms with Gasteiger partial charge in [0.1, 0.15) is 5.56 Å². The summed E-state index contributed by atoms with van der Waals surface area (Å²) in [7, 11) is 2.39. The van der Waals surface area contributed by atoms with Gasteiger partial charge in [0, 0.05) is 16.7 Å². The molecule has 6 nitrogen and oxygen atoms in total. The Balaban J connectivity index is 2.36. The summed E-state index contributed by atoms with van der Waals surface area (Å²) >= 11 is 0. The van der Waals surface area contributed by atoms with Gasteiger partial charge >= 0.3 is 5.97 Å². The van der Waals surface area contributed by atoms with Crippen LogP contribution in [0.5, 0.6) is 11.5 Å². The molecule has 2 aromatic carbocycles. The average Bonchev–Trinajstić information content (AvgIpc) is 2.58. The minimum Gasteiger partial charge on any atom is -0.504 e. The lowest BCUT2D eigenvalue weighted by Gasteiger charge is -2.21. The van der Waals surface area contributed by atoms with Crippen LogP contribution in [0.3, 0.4) is 0 Å². The highest BCUT2D eigenvalue weighted by Gasteiger charge is 2.35. The Bertz CT molecular complexity index is 866. The Hall–Kier alpha value is -3.15. The third-order valence-electron chi connectivity index (χ3n) is 3.75. The van der Waals surface area contributed by atoms with E-state index in [4.69, 9.17) is 4.74 Å². The van der Waals surface area contributed by atoms with Crippen LogP contribution < -0.4 is 4.74 Å². The quantitative estimate of drug-likeness (QED) is 0.728. The van der Waals surface area contributed by atoms with Crippen LogP contribution in [-0.4, -0.2) is 36.9 Å². The third kappa shape index (κ3) is 1.99. The minimum atomic E-state index is -0.831. The van der Waals surface area contributed by atoms with E-state index >= 15 is 0 Å². The van der Waals surface area contributed by atoms with Crippen LogP contribution in [-0.2, 0) is 4.74 Å². The zero-order chi connectivity index (χ0) is 16.7. The molecule has 0 aliphatic heterocycles. The molecule has 0 bridgehead atoms. The maximum Gasteiger partial charge on any atom is 0.341 e. The molecule has 0 spiro atoms. The monoisotopic (exact) mass is 312 g/mol. The SMILES string of the molecule is COC(=O)c1cc2c(c(OC)c1O)C(=O)c1ccccc1C2=O. The van der Waals surface area contributed by atoms with Gasteiger partial charge < -0.3 is 14.6 Å². The highest BCUT2D eigenvalue weighted by molar-refractivity contribution is 6.30. The van der Waals surface area contributed by atoms with Crippen LogP contribution in [0, 0.1) is 0 Å². The third-order valence-corrected chi connectivity index (χ3v) is 3.75. The van der Waals surface area contributed by atoms with E-state index < -0.39 is 23.3 Å². The van der Waals surface area contributed by atoms with E-state index in [-0.39, 0.29) is 33.6 Å². The summed E-state index contributed by atoms with van der Waals surface area (Å²) in [5.74, 6) is -2.44. The van der Waals surface area contributed by atoms with E-state index in [2.05, 4.69) is 4.74 Å². The molecule has 2 aromatic rings. The Morgan fingerprint density at radius 2 is 1.61 bits per heavy atom. The number of esters is 1. The first-order valence-corrected chi connectivity index (χ1v) is 6.72. The summed E-state index contributed by atoms with van der Waals surface area (Å²) in [5, 5.41) is 10.2. The smallest absolute Gasteiger partial charge is 0.341 e. The summed E-state index contributed by atoms with van der Waals surface area (Å²) in [6.45, 7) is 0. The number of carbonyl (C=O) groups is 3. The second-order valence-electron chi connectivity index (χ2n) is 4.92. The number of phenolic OH excluding ortho intramolecular Hbond substituents is 1. The van der Waals surface area contributed by atoms with Gasteiger partial charge in [0.25, 0.3) is 0 Å². The Morgan fingerprint density at radius 1 is 1.00 bits per heavy atom. The minimum absolute atomic E-state index is 0.00347. The number of rotatable bonds is 2. The summed E-state index contributed by atoms with van der Waals surface area (Å²) in [6.07, 6.45) is 0. The summed E-state index contributed by atoms with van der Waals surface area (Å²) in [5.41, 5.74) is 0.191. The predicted octanol–water partition coefficient (Wildman–Crippen LogP) is 1.96. The number of ether oxygens (including phenoxy) is 2. The Labute approximate surface area is 131 Å². The molecule has 0 unspecified atom stereocenters. The second-order valence-corrected chi connectivity index (χ2v) is 4.92. The normalized spacial score (nSPS) is 12.4. The molecule has 116 valence electrons. The van der Waals surface area contributed by atoms with Crippen molar-refractivity contribution >= 4 is 17.5 Å². The van der Waals surface area contributed by atoms with Gasteiger partial charge in [-0.3, -0.25) is 9.59 Å².